The number of unbranched alkanes of at least 4 members (excludes halogenated alkanes) is 14. The van der Waals surface area contributed by atoms with Crippen molar-refractivity contribution < 1.29 is 71.8 Å². The van der Waals surface area contributed by atoms with Gasteiger partial charge in [0, 0.05) is 58.7 Å². The van der Waals surface area contributed by atoms with Gasteiger partial charge in [-0.2, -0.15) is 0 Å². The Kier molecular flexibility index (Phi) is 38.7. The number of ether oxygens (including phenoxy) is 7. The van der Waals surface area contributed by atoms with E-state index >= 15 is 0 Å². The number of aliphatic carboxylic acids is 1. The summed E-state index contributed by atoms with van der Waals surface area (Å²) in [6.45, 7) is 2.63. The van der Waals surface area contributed by atoms with E-state index < -0.39 is 5.97 Å². The fraction of sp³-hybridized carbons (Fsp3) is 0.837. The molecule has 0 fully saturated rings. The number of hydrogen-bond acceptors (Lipinski definition) is 14. The minimum absolute atomic E-state index is 0.128. The van der Waals surface area contributed by atoms with Crippen LogP contribution in [0.1, 0.15) is 180 Å². The van der Waals surface area contributed by atoms with Crippen molar-refractivity contribution in [3.8, 4) is 0 Å². The van der Waals surface area contributed by atoms with Crippen molar-refractivity contribution in [3.63, 3.8) is 0 Å². The van der Waals surface area contributed by atoms with Gasteiger partial charge in [0.25, 0.3) is 0 Å². The lowest BCUT2D eigenvalue weighted by Crippen LogP contribution is -2.08. The lowest BCUT2D eigenvalue weighted by Gasteiger charge is -2.07. The quantitative estimate of drug-likeness (QED) is 0.0353. The predicted octanol–water partition coefficient (Wildman–Crippen LogP) is 7.90. The van der Waals surface area contributed by atoms with E-state index in [1.165, 1.54) is 0 Å². The second kappa shape index (κ2) is 41.4. The molecule has 0 amide bonds. The zero-order chi connectivity index (χ0) is 42.7. The Morgan fingerprint density at radius 1 is 0.276 bits per heavy atom. The van der Waals surface area contributed by atoms with Crippen LogP contribution in [0, 0.1) is 0 Å². The summed E-state index contributed by atoms with van der Waals surface area (Å²) in [6.07, 6.45) is 17.2. The molecule has 58 heavy (non-hydrogen) atoms. The average Bonchev–Trinajstić information content (AvgIpc) is 3.19. The SMILES string of the molecule is COCCCCCC(=O)OCCCCCC(=O)OCCCCCC(=O)OCCCCCC(=O)OCCCCCC(=O)OCCCCCC(=O)OCCCCCC(=O)O. The third kappa shape index (κ3) is 41.9. The van der Waals surface area contributed by atoms with E-state index in [4.69, 9.17) is 38.3 Å². The second-order valence-electron chi connectivity index (χ2n) is 14.4. The fourth-order valence-corrected chi connectivity index (χ4v) is 5.54. The van der Waals surface area contributed by atoms with Gasteiger partial charge in [-0.25, -0.2) is 0 Å². The number of esters is 6. The fourth-order valence-electron chi connectivity index (χ4n) is 5.54. The molecule has 0 aromatic carbocycles. The maximum atomic E-state index is 12.0. The Balaban J connectivity index is 3.47. The van der Waals surface area contributed by atoms with Gasteiger partial charge >= 0.3 is 41.8 Å². The van der Waals surface area contributed by atoms with Crippen molar-refractivity contribution in [1.82, 2.24) is 0 Å². The number of carboxylic acid groups (broad SMARTS) is 1. The summed E-state index contributed by atoms with van der Waals surface area (Å²) in [5.41, 5.74) is 0. The average molecular weight is 831 g/mol. The molecule has 0 rings (SSSR count). The van der Waals surface area contributed by atoms with Crippen LogP contribution in [-0.2, 0) is 66.7 Å². The summed E-state index contributed by atoms with van der Waals surface area (Å²) in [7, 11) is 1.66. The molecule has 0 aromatic rings. The van der Waals surface area contributed by atoms with E-state index in [-0.39, 0.29) is 42.2 Å². The van der Waals surface area contributed by atoms with E-state index in [2.05, 4.69) is 0 Å². The van der Waals surface area contributed by atoms with Gasteiger partial charge in [-0.3, -0.25) is 33.6 Å². The van der Waals surface area contributed by atoms with Crippen LogP contribution in [0.25, 0.3) is 0 Å². The van der Waals surface area contributed by atoms with E-state index in [9.17, 15) is 33.6 Å². The normalized spacial score (nSPS) is 10.8. The second-order valence-corrected chi connectivity index (χ2v) is 14.4. The van der Waals surface area contributed by atoms with Crippen molar-refractivity contribution >= 4 is 41.8 Å². The molecule has 0 radical (unpaired) electrons. The number of rotatable bonds is 42. The third-order valence-electron chi connectivity index (χ3n) is 8.97. The molecule has 0 aliphatic rings. The third-order valence-corrected chi connectivity index (χ3v) is 8.97. The van der Waals surface area contributed by atoms with Gasteiger partial charge in [0.05, 0.1) is 39.6 Å². The minimum atomic E-state index is -0.821. The highest BCUT2D eigenvalue weighted by Crippen LogP contribution is 2.10. The summed E-state index contributed by atoms with van der Waals surface area (Å²) in [4.78, 5) is 81.6. The topological polar surface area (TPSA) is 204 Å². The highest BCUT2D eigenvalue weighted by molar-refractivity contribution is 5.71. The number of methoxy groups -OCH3 is 1. The molecule has 15 nitrogen and oxygen atoms in total. The molecule has 336 valence electrons. The van der Waals surface area contributed by atoms with Crippen molar-refractivity contribution in [2.24, 2.45) is 0 Å². The van der Waals surface area contributed by atoms with Crippen molar-refractivity contribution in [2.75, 3.05) is 53.4 Å². The number of hydrogen-bond donors (Lipinski definition) is 1. The minimum Gasteiger partial charge on any atom is -0.481 e. The maximum Gasteiger partial charge on any atom is 0.305 e. The Hall–Kier alpha value is -3.75. The van der Waals surface area contributed by atoms with Crippen LogP contribution in [-0.4, -0.2) is 100 Å². The van der Waals surface area contributed by atoms with Crippen LogP contribution < -0.4 is 0 Å². The van der Waals surface area contributed by atoms with E-state index in [1.54, 1.807) is 7.11 Å². The molecule has 0 spiro atoms. The molecule has 0 aliphatic heterocycles. The zero-order valence-electron chi connectivity index (χ0n) is 35.4. The van der Waals surface area contributed by atoms with Gasteiger partial charge in [-0.15, -0.1) is 0 Å². The van der Waals surface area contributed by atoms with Crippen molar-refractivity contribution in [2.45, 2.75) is 180 Å². The molecule has 0 heterocycles. The van der Waals surface area contributed by atoms with Crippen LogP contribution in [0.2, 0.25) is 0 Å². The first-order valence-corrected chi connectivity index (χ1v) is 21.8. The van der Waals surface area contributed by atoms with E-state index in [0.29, 0.717) is 162 Å². The molecule has 1 N–H and O–H groups in total. The highest BCUT2D eigenvalue weighted by atomic mass is 16.6. The van der Waals surface area contributed by atoms with Crippen LogP contribution in [0.5, 0.6) is 0 Å². The van der Waals surface area contributed by atoms with Gasteiger partial charge in [0.2, 0.25) is 0 Å². The van der Waals surface area contributed by atoms with Crippen LogP contribution in [0.15, 0.2) is 0 Å². The summed E-state index contributed by atoms with van der Waals surface area (Å²) in [5, 5.41) is 8.59. The molecular weight excluding hydrogens is 756 g/mol. The standard InChI is InChI=1S/C43H74O15/c1-52-30-16-3-10-24-38(46)54-32-18-5-12-26-40(48)56-34-20-7-14-28-42(50)58-36-22-8-15-29-43(51)57-35-21-6-13-27-41(49)55-33-19-4-11-25-39(47)53-31-17-2-9-23-37(44)45/h2-36H2,1H3,(H,44,45). The summed E-state index contributed by atoms with van der Waals surface area (Å²) >= 11 is 0. The summed E-state index contributed by atoms with van der Waals surface area (Å²) in [5.74, 6) is -2.30. The van der Waals surface area contributed by atoms with Gasteiger partial charge < -0.3 is 38.3 Å². The lowest BCUT2D eigenvalue weighted by atomic mass is 10.2. The maximum absolute atomic E-state index is 12.0. The first-order chi connectivity index (χ1) is 28.1. The summed E-state index contributed by atoms with van der Waals surface area (Å²) < 4.78 is 36.3. The van der Waals surface area contributed by atoms with Crippen LogP contribution in [0.4, 0.5) is 0 Å². The van der Waals surface area contributed by atoms with Gasteiger partial charge in [-0.1, -0.05) is 6.42 Å². The Bertz CT molecular complexity index is 1090. The molecule has 0 bridgehead atoms. The Morgan fingerprint density at radius 2 is 0.466 bits per heavy atom. The molecule has 0 saturated heterocycles. The van der Waals surface area contributed by atoms with E-state index in [1.807, 2.05) is 0 Å². The number of carbonyl (C=O) groups is 7. The van der Waals surface area contributed by atoms with Crippen molar-refractivity contribution in [3.05, 3.63) is 0 Å². The molecular formula is C43H74O15. The molecule has 0 unspecified atom stereocenters. The van der Waals surface area contributed by atoms with Crippen LogP contribution >= 0.6 is 0 Å². The highest BCUT2D eigenvalue weighted by Gasteiger charge is 2.09. The largest absolute Gasteiger partial charge is 0.481 e. The Morgan fingerprint density at radius 3 is 0.655 bits per heavy atom. The first kappa shape index (κ1) is 54.2. The Labute approximate surface area is 346 Å². The van der Waals surface area contributed by atoms with E-state index in [0.717, 1.165) is 57.8 Å². The smallest absolute Gasteiger partial charge is 0.305 e. The van der Waals surface area contributed by atoms with Crippen molar-refractivity contribution in [1.29, 1.82) is 0 Å². The monoisotopic (exact) mass is 831 g/mol. The molecule has 0 saturated carbocycles. The zero-order valence-corrected chi connectivity index (χ0v) is 35.4. The first-order valence-electron chi connectivity index (χ1n) is 21.8. The molecule has 15 heteroatoms. The van der Waals surface area contributed by atoms with Crippen LogP contribution in [0.3, 0.4) is 0 Å². The van der Waals surface area contributed by atoms with Gasteiger partial charge in [-0.05, 0) is 128 Å². The predicted molar refractivity (Wildman–Crippen MR) is 215 cm³/mol. The lowest BCUT2D eigenvalue weighted by molar-refractivity contribution is -0.146. The summed E-state index contributed by atoms with van der Waals surface area (Å²) in [6, 6.07) is 0. The molecule has 0 atom stereocenters. The van der Waals surface area contributed by atoms with Gasteiger partial charge in [0.1, 0.15) is 0 Å². The van der Waals surface area contributed by atoms with Gasteiger partial charge in [0.15, 0.2) is 0 Å². The number of carboxylic acids is 1. The molecule has 0 aromatic heterocycles. The number of carbonyl (C=O) groups excluding carboxylic acids is 6. The molecule has 0 aliphatic carbocycles.